The summed E-state index contributed by atoms with van der Waals surface area (Å²) in [5.74, 6) is -1.02. The first-order valence-corrected chi connectivity index (χ1v) is 6.65. The average Bonchev–Trinajstić information content (AvgIpc) is 2.43. The molecule has 0 aliphatic rings. The van der Waals surface area contributed by atoms with Gasteiger partial charge in [0, 0.05) is 5.56 Å². The lowest BCUT2D eigenvalue weighted by Crippen LogP contribution is -2.14. The highest BCUT2D eigenvalue weighted by Crippen LogP contribution is 2.27. The van der Waals surface area contributed by atoms with Crippen molar-refractivity contribution in [1.29, 1.82) is 0 Å². The zero-order chi connectivity index (χ0) is 15.6. The van der Waals surface area contributed by atoms with Crippen molar-refractivity contribution in [3.63, 3.8) is 0 Å². The SMILES string of the molecule is COc1cc(C(=O)Nc2c(C)cc(Cl)nc2Cl)ccc1F. The van der Waals surface area contributed by atoms with Crippen molar-refractivity contribution in [2.24, 2.45) is 0 Å². The van der Waals surface area contributed by atoms with Crippen LogP contribution in [0.4, 0.5) is 10.1 Å². The molecule has 2 rings (SSSR count). The predicted octanol–water partition coefficient (Wildman–Crippen LogP) is 4.10. The number of pyridine rings is 1. The van der Waals surface area contributed by atoms with Crippen LogP contribution < -0.4 is 10.1 Å². The number of hydrogen-bond donors (Lipinski definition) is 1. The Morgan fingerprint density at radius 3 is 2.67 bits per heavy atom. The molecule has 0 saturated heterocycles. The van der Waals surface area contributed by atoms with Gasteiger partial charge in [-0.05, 0) is 36.8 Å². The number of carbonyl (C=O) groups excluding carboxylic acids is 1. The van der Waals surface area contributed by atoms with Gasteiger partial charge < -0.3 is 10.1 Å². The zero-order valence-corrected chi connectivity index (χ0v) is 12.7. The minimum Gasteiger partial charge on any atom is -0.494 e. The fourth-order valence-corrected chi connectivity index (χ4v) is 2.31. The average molecular weight is 329 g/mol. The van der Waals surface area contributed by atoms with Crippen LogP contribution in [0.3, 0.4) is 0 Å². The normalized spacial score (nSPS) is 10.3. The maximum absolute atomic E-state index is 13.3. The molecular weight excluding hydrogens is 318 g/mol. The first-order chi connectivity index (χ1) is 9.92. The fourth-order valence-electron chi connectivity index (χ4n) is 1.73. The second kappa shape index (κ2) is 6.28. The number of nitrogens with zero attached hydrogens (tertiary/aromatic N) is 1. The quantitative estimate of drug-likeness (QED) is 0.863. The molecule has 0 fully saturated rings. The summed E-state index contributed by atoms with van der Waals surface area (Å²) >= 11 is 11.7. The Balaban J connectivity index is 2.30. The van der Waals surface area contributed by atoms with Gasteiger partial charge in [0.25, 0.3) is 5.91 Å². The topological polar surface area (TPSA) is 51.2 Å². The Hall–Kier alpha value is -1.85. The van der Waals surface area contributed by atoms with Crippen LogP contribution in [0.1, 0.15) is 15.9 Å². The maximum atomic E-state index is 13.3. The molecular formula is C14H11Cl2FN2O2. The molecule has 4 nitrogen and oxygen atoms in total. The van der Waals surface area contributed by atoms with Crippen LogP contribution in [0.2, 0.25) is 10.3 Å². The number of methoxy groups -OCH3 is 1. The van der Waals surface area contributed by atoms with E-state index in [0.29, 0.717) is 11.3 Å². The van der Waals surface area contributed by atoms with Crippen LogP contribution in [0.25, 0.3) is 0 Å². The van der Waals surface area contributed by atoms with E-state index < -0.39 is 11.7 Å². The largest absolute Gasteiger partial charge is 0.494 e. The summed E-state index contributed by atoms with van der Waals surface area (Å²) in [7, 11) is 1.32. The molecule has 0 radical (unpaired) electrons. The van der Waals surface area contributed by atoms with Crippen LogP contribution in [0.5, 0.6) is 5.75 Å². The summed E-state index contributed by atoms with van der Waals surface area (Å²) in [5, 5.41) is 2.94. The smallest absolute Gasteiger partial charge is 0.255 e. The highest BCUT2D eigenvalue weighted by atomic mass is 35.5. The van der Waals surface area contributed by atoms with E-state index in [4.69, 9.17) is 27.9 Å². The van der Waals surface area contributed by atoms with Crippen LogP contribution in [-0.2, 0) is 0 Å². The minimum atomic E-state index is -0.545. The van der Waals surface area contributed by atoms with Crippen LogP contribution in [-0.4, -0.2) is 18.0 Å². The second-order valence-electron chi connectivity index (χ2n) is 4.23. The van der Waals surface area contributed by atoms with Gasteiger partial charge >= 0.3 is 0 Å². The fraction of sp³-hybridized carbons (Fsp3) is 0.143. The Morgan fingerprint density at radius 2 is 2.05 bits per heavy atom. The first-order valence-electron chi connectivity index (χ1n) is 5.90. The van der Waals surface area contributed by atoms with Gasteiger partial charge in [0.15, 0.2) is 16.7 Å². The van der Waals surface area contributed by atoms with E-state index in [9.17, 15) is 9.18 Å². The van der Waals surface area contributed by atoms with Crippen molar-refractivity contribution in [2.75, 3.05) is 12.4 Å². The summed E-state index contributed by atoms with van der Waals surface area (Å²) in [6.07, 6.45) is 0. The molecule has 1 aromatic heterocycles. The number of aryl methyl sites for hydroxylation is 1. The third kappa shape index (κ3) is 3.43. The molecule has 0 aliphatic carbocycles. The molecule has 1 amide bonds. The molecule has 21 heavy (non-hydrogen) atoms. The Kier molecular flexibility index (Phi) is 4.65. The molecule has 0 bridgehead atoms. The van der Waals surface area contributed by atoms with Gasteiger partial charge in [0.2, 0.25) is 0 Å². The van der Waals surface area contributed by atoms with E-state index in [0.717, 1.165) is 6.07 Å². The highest BCUT2D eigenvalue weighted by molar-refractivity contribution is 6.35. The molecule has 0 aliphatic heterocycles. The Morgan fingerprint density at radius 1 is 1.33 bits per heavy atom. The number of carbonyl (C=O) groups is 1. The lowest BCUT2D eigenvalue weighted by Gasteiger charge is -2.11. The minimum absolute atomic E-state index is 0.0142. The van der Waals surface area contributed by atoms with Crippen molar-refractivity contribution < 1.29 is 13.9 Å². The Labute approximate surface area is 130 Å². The van der Waals surface area contributed by atoms with E-state index in [2.05, 4.69) is 10.3 Å². The van der Waals surface area contributed by atoms with Gasteiger partial charge in [-0.3, -0.25) is 4.79 Å². The molecule has 110 valence electrons. The molecule has 0 unspecified atom stereocenters. The number of amides is 1. The van der Waals surface area contributed by atoms with Crippen molar-refractivity contribution in [1.82, 2.24) is 4.98 Å². The predicted molar refractivity (Wildman–Crippen MR) is 79.9 cm³/mol. The summed E-state index contributed by atoms with van der Waals surface area (Å²) in [6, 6.07) is 5.38. The van der Waals surface area contributed by atoms with Crippen LogP contribution in [0.15, 0.2) is 24.3 Å². The number of benzene rings is 1. The van der Waals surface area contributed by atoms with E-state index in [1.807, 2.05) is 0 Å². The van der Waals surface area contributed by atoms with Crippen molar-refractivity contribution >= 4 is 34.8 Å². The molecule has 1 heterocycles. The first kappa shape index (κ1) is 15.5. The van der Waals surface area contributed by atoms with Crippen molar-refractivity contribution in [2.45, 2.75) is 6.92 Å². The molecule has 1 aromatic carbocycles. The van der Waals surface area contributed by atoms with Gasteiger partial charge in [-0.15, -0.1) is 0 Å². The number of nitrogens with one attached hydrogen (secondary N) is 1. The molecule has 0 atom stereocenters. The number of hydrogen-bond acceptors (Lipinski definition) is 3. The van der Waals surface area contributed by atoms with E-state index in [1.54, 1.807) is 13.0 Å². The molecule has 0 spiro atoms. The number of aromatic nitrogens is 1. The van der Waals surface area contributed by atoms with Crippen LogP contribution in [0, 0.1) is 12.7 Å². The molecule has 1 N–H and O–H groups in total. The highest BCUT2D eigenvalue weighted by Gasteiger charge is 2.14. The summed E-state index contributed by atoms with van der Waals surface area (Å²) in [5.41, 5.74) is 1.26. The van der Waals surface area contributed by atoms with Crippen molar-refractivity contribution in [3.05, 3.63) is 51.5 Å². The second-order valence-corrected chi connectivity index (χ2v) is 4.98. The summed E-state index contributed by atoms with van der Waals surface area (Å²) < 4.78 is 18.2. The Bertz CT molecular complexity index is 684. The zero-order valence-electron chi connectivity index (χ0n) is 11.2. The lowest BCUT2D eigenvalue weighted by molar-refractivity contribution is 0.102. The number of rotatable bonds is 3. The monoisotopic (exact) mass is 328 g/mol. The standard InChI is InChI=1S/C14H11Cl2FN2O2/c1-7-5-11(15)18-13(16)12(7)19-14(20)8-3-4-9(17)10(6-8)21-2/h3-6H,1-2H3,(H,19,20). The number of ether oxygens (including phenoxy) is 1. The van der Waals surface area contributed by atoms with Gasteiger partial charge in [-0.1, -0.05) is 23.2 Å². The lowest BCUT2D eigenvalue weighted by atomic mass is 10.2. The van der Waals surface area contributed by atoms with Gasteiger partial charge in [0.1, 0.15) is 5.15 Å². The van der Waals surface area contributed by atoms with Gasteiger partial charge in [-0.2, -0.15) is 0 Å². The number of halogens is 3. The molecule has 2 aromatic rings. The number of anilines is 1. The molecule has 7 heteroatoms. The van der Waals surface area contributed by atoms with Crippen LogP contribution >= 0.6 is 23.2 Å². The summed E-state index contributed by atoms with van der Waals surface area (Å²) in [4.78, 5) is 16.0. The van der Waals surface area contributed by atoms with E-state index in [-0.39, 0.29) is 21.6 Å². The maximum Gasteiger partial charge on any atom is 0.255 e. The third-order valence-electron chi connectivity index (χ3n) is 2.79. The van der Waals surface area contributed by atoms with Crippen molar-refractivity contribution in [3.8, 4) is 5.75 Å². The molecule has 0 saturated carbocycles. The summed E-state index contributed by atoms with van der Waals surface area (Å²) in [6.45, 7) is 1.74. The van der Waals surface area contributed by atoms with E-state index in [1.165, 1.54) is 19.2 Å². The third-order valence-corrected chi connectivity index (χ3v) is 3.26. The van der Waals surface area contributed by atoms with E-state index >= 15 is 0 Å². The van der Waals surface area contributed by atoms with Gasteiger partial charge in [0.05, 0.1) is 12.8 Å². The van der Waals surface area contributed by atoms with Gasteiger partial charge in [-0.25, -0.2) is 9.37 Å².